The van der Waals surface area contributed by atoms with Crippen molar-refractivity contribution < 1.29 is 10.2 Å². The molecule has 1 heterocycles. The monoisotopic (exact) mass is 441 g/mol. The van der Waals surface area contributed by atoms with E-state index < -0.39 is 11.7 Å². The van der Waals surface area contributed by atoms with Crippen LogP contribution < -0.4 is 0 Å². The molecule has 31 heavy (non-hydrogen) atoms. The van der Waals surface area contributed by atoms with Crippen molar-refractivity contribution in [1.82, 2.24) is 4.90 Å². The summed E-state index contributed by atoms with van der Waals surface area (Å²) < 4.78 is 0. The van der Waals surface area contributed by atoms with E-state index in [2.05, 4.69) is 4.90 Å². The van der Waals surface area contributed by atoms with Crippen molar-refractivity contribution in [2.45, 2.75) is 50.2 Å². The fourth-order valence-electron chi connectivity index (χ4n) is 6.64. The van der Waals surface area contributed by atoms with Crippen molar-refractivity contribution >= 4 is 12.4 Å². The van der Waals surface area contributed by atoms with E-state index >= 15 is 0 Å². The Hall–Kier alpha value is -1.39. The molecule has 0 aromatic heterocycles. The first-order chi connectivity index (χ1) is 14.6. The summed E-state index contributed by atoms with van der Waals surface area (Å²) >= 11 is 0. The molecule has 0 radical (unpaired) electrons. The quantitative estimate of drug-likeness (QED) is 0.649. The van der Waals surface area contributed by atoms with E-state index in [1.54, 1.807) is 0 Å². The summed E-state index contributed by atoms with van der Waals surface area (Å²) in [4.78, 5) is 2.50. The van der Waals surface area contributed by atoms with Gasteiger partial charge < -0.3 is 15.1 Å². The van der Waals surface area contributed by atoms with Gasteiger partial charge in [-0.25, -0.2) is 0 Å². The van der Waals surface area contributed by atoms with E-state index in [9.17, 15) is 10.2 Å². The predicted octanol–water partition coefficient (Wildman–Crippen LogP) is 5.18. The van der Waals surface area contributed by atoms with Gasteiger partial charge in [0, 0.05) is 19.0 Å². The van der Waals surface area contributed by atoms with Gasteiger partial charge in [0.2, 0.25) is 0 Å². The number of benzene rings is 2. The highest BCUT2D eigenvalue weighted by atomic mass is 35.5. The molecule has 2 aromatic rings. The molecule has 2 aliphatic carbocycles. The molecule has 2 N–H and O–H groups in total. The number of hydrogen-bond donors (Lipinski definition) is 2. The molecular weight excluding hydrogens is 406 g/mol. The highest BCUT2D eigenvalue weighted by Crippen LogP contribution is 2.50. The van der Waals surface area contributed by atoms with Gasteiger partial charge in [0.05, 0.1) is 11.7 Å². The standard InChI is InChI=1S/C27H35NO2.ClH/c29-26(21-7-3-1-4-8-21)25-19-28(15-13-23-18-20-11-12-22(23)17-20)16-14-27(25,30)24-9-5-2-6-10-24;/h1-10,20,22-23,25-26,29-30H,11-19H2;1H. The lowest BCUT2D eigenvalue weighted by atomic mass is 9.72. The average molecular weight is 442 g/mol. The number of aliphatic hydroxyl groups is 2. The molecule has 1 saturated heterocycles. The van der Waals surface area contributed by atoms with Gasteiger partial charge >= 0.3 is 0 Å². The topological polar surface area (TPSA) is 43.7 Å². The van der Waals surface area contributed by atoms with Crippen LogP contribution in [-0.2, 0) is 5.60 Å². The molecule has 6 atom stereocenters. The Morgan fingerprint density at radius 2 is 1.68 bits per heavy atom. The SMILES string of the molecule is Cl.OC(c1ccccc1)C1CN(CCC2CC3CCC2C3)CCC1(O)c1ccccc1. The molecule has 2 saturated carbocycles. The van der Waals surface area contributed by atoms with Crippen molar-refractivity contribution in [2.24, 2.45) is 23.7 Å². The highest BCUT2D eigenvalue weighted by Gasteiger charge is 2.47. The fourth-order valence-corrected chi connectivity index (χ4v) is 6.64. The normalized spacial score (nSPS) is 33.7. The summed E-state index contributed by atoms with van der Waals surface area (Å²) in [5, 5.41) is 23.2. The minimum Gasteiger partial charge on any atom is -0.388 e. The summed E-state index contributed by atoms with van der Waals surface area (Å²) in [6.45, 7) is 2.73. The molecule has 3 nitrogen and oxygen atoms in total. The van der Waals surface area contributed by atoms with E-state index in [-0.39, 0.29) is 18.3 Å². The number of rotatable bonds is 6. The maximum atomic E-state index is 11.8. The number of halogens is 1. The molecule has 2 bridgehead atoms. The van der Waals surface area contributed by atoms with Crippen molar-refractivity contribution in [2.75, 3.05) is 19.6 Å². The Balaban J connectivity index is 0.00000231. The Morgan fingerprint density at radius 1 is 0.968 bits per heavy atom. The van der Waals surface area contributed by atoms with Crippen LogP contribution in [0.5, 0.6) is 0 Å². The molecule has 0 amide bonds. The van der Waals surface area contributed by atoms with E-state index in [0.29, 0.717) is 6.42 Å². The van der Waals surface area contributed by atoms with Gasteiger partial charge in [-0.3, -0.25) is 0 Å². The maximum absolute atomic E-state index is 11.8. The second kappa shape index (κ2) is 9.62. The van der Waals surface area contributed by atoms with Crippen LogP contribution in [0.25, 0.3) is 0 Å². The van der Waals surface area contributed by atoms with E-state index in [1.807, 2.05) is 60.7 Å². The number of hydrogen-bond acceptors (Lipinski definition) is 3. The molecule has 5 rings (SSSR count). The summed E-state index contributed by atoms with van der Waals surface area (Å²) in [5.74, 6) is 2.62. The first-order valence-electron chi connectivity index (χ1n) is 11.9. The molecule has 1 aliphatic heterocycles. The first kappa shape index (κ1) is 22.8. The van der Waals surface area contributed by atoms with Gasteiger partial charge in [-0.2, -0.15) is 0 Å². The Morgan fingerprint density at radius 3 is 2.32 bits per heavy atom. The van der Waals surface area contributed by atoms with Crippen LogP contribution in [0.15, 0.2) is 60.7 Å². The second-order valence-electron chi connectivity index (χ2n) is 10.0. The van der Waals surface area contributed by atoms with E-state index in [1.165, 1.54) is 32.1 Å². The zero-order valence-corrected chi connectivity index (χ0v) is 19.1. The second-order valence-corrected chi connectivity index (χ2v) is 10.0. The molecule has 168 valence electrons. The van der Waals surface area contributed by atoms with Gasteiger partial charge in [-0.1, -0.05) is 67.1 Å². The Labute approximate surface area is 192 Å². The van der Waals surface area contributed by atoms with Crippen molar-refractivity contribution in [1.29, 1.82) is 0 Å². The molecule has 4 heteroatoms. The summed E-state index contributed by atoms with van der Waals surface area (Å²) in [5.41, 5.74) is 0.823. The maximum Gasteiger partial charge on any atom is 0.0977 e. The molecular formula is C27H36ClNO2. The zero-order valence-electron chi connectivity index (χ0n) is 18.3. The molecule has 0 spiro atoms. The summed E-state index contributed by atoms with van der Waals surface area (Å²) in [6, 6.07) is 19.8. The number of aliphatic hydroxyl groups excluding tert-OH is 1. The van der Waals surface area contributed by atoms with Crippen LogP contribution in [0.3, 0.4) is 0 Å². The van der Waals surface area contributed by atoms with E-state index in [0.717, 1.165) is 48.5 Å². The van der Waals surface area contributed by atoms with Crippen LogP contribution in [0.1, 0.15) is 55.8 Å². The minimum absolute atomic E-state index is 0. The number of fused-ring (bicyclic) bond motifs is 2. The van der Waals surface area contributed by atoms with Crippen LogP contribution in [0, 0.1) is 23.7 Å². The Kier molecular flexibility index (Phi) is 7.07. The molecule has 3 aliphatic rings. The lowest BCUT2D eigenvalue weighted by Gasteiger charge is -2.47. The molecule has 2 aromatic carbocycles. The Bertz CT molecular complexity index is 832. The number of piperidine rings is 1. The van der Waals surface area contributed by atoms with Crippen LogP contribution in [0.4, 0.5) is 0 Å². The van der Waals surface area contributed by atoms with Gasteiger partial charge in [-0.15, -0.1) is 12.4 Å². The minimum atomic E-state index is -1.00. The van der Waals surface area contributed by atoms with Gasteiger partial charge in [-0.05, 0) is 67.5 Å². The fraction of sp³-hybridized carbons (Fsp3) is 0.556. The third-order valence-electron chi connectivity index (χ3n) is 8.37. The zero-order chi connectivity index (χ0) is 20.6. The summed E-state index contributed by atoms with van der Waals surface area (Å²) in [7, 11) is 0. The van der Waals surface area contributed by atoms with Crippen molar-refractivity contribution in [3.8, 4) is 0 Å². The largest absolute Gasteiger partial charge is 0.388 e. The lowest BCUT2D eigenvalue weighted by molar-refractivity contribution is -0.123. The predicted molar refractivity (Wildman–Crippen MR) is 127 cm³/mol. The smallest absolute Gasteiger partial charge is 0.0977 e. The van der Waals surface area contributed by atoms with Crippen molar-refractivity contribution in [3.63, 3.8) is 0 Å². The van der Waals surface area contributed by atoms with Gasteiger partial charge in [0.25, 0.3) is 0 Å². The van der Waals surface area contributed by atoms with Crippen molar-refractivity contribution in [3.05, 3.63) is 71.8 Å². The highest BCUT2D eigenvalue weighted by molar-refractivity contribution is 5.85. The lowest BCUT2D eigenvalue weighted by Crippen LogP contribution is -2.52. The third kappa shape index (κ3) is 4.57. The number of likely N-dealkylation sites (tertiary alicyclic amines) is 1. The summed E-state index contributed by atoms with van der Waals surface area (Å²) in [6.07, 6.45) is 7.07. The van der Waals surface area contributed by atoms with Gasteiger partial charge in [0.1, 0.15) is 0 Å². The van der Waals surface area contributed by atoms with Crippen LogP contribution in [-0.4, -0.2) is 34.7 Å². The van der Waals surface area contributed by atoms with Crippen LogP contribution in [0.2, 0.25) is 0 Å². The van der Waals surface area contributed by atoms with Crippen LogP contribution >= 0.6 is 12.4 Å². The molecule has 6 unspecified atom stereocenters. The third-order valence-corrected chi connectivity index (χ3v) is 8.37. The number of nitrogens with zero attached hydrogens (tertiary/aromatic N) is 1. The average Bonchev–Trinajstić information content (AvgIpc) is 3.43. The first-order valence-corrected chi connectivity index (χ1v) is 11.9. The molecule has 3 fully saturated rings. The van der Waals surface area contributed by atoms with Gasteiger partial charge in [0.15, 0.2) is 0 Å². The van der Waals surface area contributed by atoms with E-state index in [4.69, 9.17) is 0 Å².